The van der Waals surface area contributed by atoms with Crippen LogP contribution >= 0.6 is 0 Å². The van der Waals surface area contributed by atoms with Gasteiger partial charge in [-0.2, -0.15) is 5.10 Å². The van der Waals surface area contributed by atoms with Gasteiger partial charge in [-0.15, -0.1) is 10.2 Å². The summed E-state index contributed by atoms with van der Waals surface area (Å²) < 4.78 is 7.15. The van der Waals surface area contributed by atoms with E-state index in [-0.39, 0.29) is 5.69 Å². The van der Waals surface area contributed by atoms with Gasteiger partial charge in [-0.1, -0.05) is 24.0 Å². The van der Waals surface area contributed by atoms with Gasteiger partial charge < -0.3 is 10.2 Å². The Kier molecular flexibility index (Phi) is 5.28. The molecule has 4 rings (SSSR count). The Labute approximate surface area is 184 Å². The van der Waals surface area contributed by atoms with Crippen LogP contribution in [-0.2, 0) is 5.41 Å². The van der Waals surface area contributed by atoms with Gasteiger partial charge in [0.15, 0.2) is 11.6 Å². The van der Waals surface area contributed by atoms with Gasteiger partial charge >= 0.3 is 0 Å². The summed E-state index contributed by atoms with van der Waals surface area (Å²) in [7, 11) is 0. The lowest BCUT2D eigenvalue weighted by Gasteiger charge is -2.11. The van der Waals surface area contributed by atoms with E-state index in [0.29, 0.717) is 29.0 Å². The van der Waals surface area contributed by atoms with Crippen LogP contribution in [-0.4, -0.2) is 35.9 Å². The summed E-state index contributed by atoms with van der Waals surface area (Å²) in [6.45, 7) is 7.45. The minimum atomic E-state index is -0.646. The number of hydrogen-bond acceptors (Lipinski definition) is 7. The molecule has 3 heterocycles. The average Bonchev–Trinajstić information content (AvgIpc) is 3.41. The minimum Gasteiger partial charge on any atom is -0.424 e. The highest BCUT2D eigenvalue weighted by Gasteiger charge is 2.24. The van der Waals surface area contributed by atoms with Crippen LogP contribution in [0.4, 0.5) is 0 Å². The van der Waals surface area contributed by atoms with Gasteiger partial charge in [0.25, 0.3) is 5.91 Å². The molecular formula is C23H21N7O2. The van der Waals surface area contributed by atoms with E-state index in [4.69, 9.17) is 10.2 Å². The van der Waals surface area contributed by atoms with Crippen molar-refractivity contribution in [2.45, 2.75) is 33.1 Å². The Balaban J connectivity index is 1.73. The third-order valence-electron chi connectivity index (χ3n) is 4.71. The first-order chi connectivity index (χ1) is 15.2. The molecule has 0 aliphatic rings. The second kappa shape index (κ2) is 8.07. The fourth-order valence-corrected chi connectivity index (χ4v) is 2.97. The third-order valence-corrected chi connectivity index (χ3v) is 4.71. The lowest BCUT2D eigenvalue weighted by atomic mass is 9.94. The summed E-state index contributed by atoms with van der Waals surface area (Å²) >= 11 is 0. The number of primary amides is 1. The van der Waals surface area contributed by atoms with Crippen molar-refractivity contribution >= 4 is 5.91 Å². The maximum atomic E-state index is 11.9. The zero-order valence-electron chi connectivity index (χ0n) is 18.1. The van der Waals surface area contributed by atoms with Crippen LogP contribution in [0.25, 0.3) is 17.2 Å². The summed E-state index contributed by atoms with van der Waals surface area (Å²) in [5, 5.41) is 12.2. The quantitative estimate of drug-likeness (QED) is 0.496. The SMILES string of the molecule is Cc1nnc(C(C)(C)C#Cc2cccc(-c3nc(C(N)=O)cc(-n4nccc4C)n3)c2)o1. The third kappa shape index (κ3) is 4.25. The molecule has 4 aromatic rings. The highest BCUT2D eigenvalue weighted by molar-refractivity contribution is 5.91. The molecule has 9 nitrogen and oxygen atoms in total. The van der Waals surface area contributed by atoms with Gasteiger partial charge in [-0.25, -0.2) is 14.6 Å². The molecule has 9 heteroatoms. The molecule has 0 aliphatic heterocycles. The van der Waals surface area contributed by atoms with Crippen LogP contribution < -0.4 is 5.73 Å². The normalized spacial score (nSPS) is 11.1. The van der Waals surface area contributed by atoms with E-state index in [0.717, 1.165) is 11.3 Å². The predicted octanol–water partition coefficient (Wildman–Crippen LogP) is 2.76. The fraction of sp³-hybridized carbons (Fsp3) is 0.217. The Morgan fingerprint density at radius 1 is 1.12 bits per heavy atom. The molecule has 1 amide bonds. The molecule has 0 atom stereocenters. The maximum Gasteiger partial charge on any atom is 0.267 e. The summed E-state index contributed by atoms with van der Waals surface area (Å²) in [6.07, 6.45) is 1.66. The van der Waals surface area contributed by atoms with Gasteiger partial charge in [0, 0.05) is 36.0 Å². The first kappa shape index (κ1) is 20.9. The Morgan fingerprint density at radius 3 is 2.59 bits per heavy atom. The van der Waals surface area contributed by atoms with Crippen molar-refractivity contribution < 1.29 is 9.21 Å². The minimum absolute atomic E-state index is 0.101. The molecule has 0 saturated heterocycles. The van der Waals surface area contributed by atoms with E-state index in [9.17, 15) is 4.79 Å². The van der Waals surface area contributed by atoms with Crippen molar-refractivity contribution in [1.29, 1.82) is 0 Å². The van der Waals surface area contributed by atoms with Crippen molar-refractivity contribution in [1.82, 2.24) is 29.9 Å². The van der Waals surface area contributed by atoms with Crippen LogP contribution in [0.3, 0.4) is 0 Å². The molecule has 0 fully saturated rings. The molecule has 0 bridgehead atoms. The molecule has 3 aromatic heterocycles. The number of nitrogens with zero attached hydrogens (tertiary/aromatic N) is 6. The van der Waals surface area contributed by atoms with Crippen LogP contribution in [0.5, 0.6) is 0 Å². The van der Waals surface area contributed by atoms with Crippen molar-refractivity contribution in [2.75, 3.05) is 0 Å². The lowest BCUT2D eigenvalue weighted by Crippen LogP contribution is -2.16. The van der Waals surface area contributed by atoms with Crippen molar-refractivity contribution in [3.05, 3.63) is 71.3 Å². The Morgan fingerprint density at radius 2 is 1.94 bits per heavy atom. The van der Waals surface area contributed by atoms with Crippen molar-refractivity contribution in [3.63, 3.8) is 0 Å². The Bertz CT molecular complexity index is 1370. The average molecular weight is 427 g/mol. The van der Waals surface area contributed by atoms with Crippen molar-refractivity contribution in [3.8, 4) is 29.0 Å². The van der Waals surface area contributed by atoms with E-state index >= 15 is 0 Å². The summed E-state index contributed by atoms with van der Waals surface area (Å²) in [5.41, 5.74) is 7.29. The molecule has 0 aliphatic carbocycles. The van der Waals surface area contributed by atoms with E-state index in [1.165, 1.54) is 6.07 Å². The highest BCUT2D eigenvalue weighted by Crippen LogP contribution is 2.22. The van der Waals surface area contributed by atoms with Crippen LogP contribution in [0, 0.1) is 25.7 Å². The van der Waals surface area contributed by atoms with Gasteiger partial charge in [0.2, 0.25) is 11.8 Å². The number of rotatable bonds is 4. The summed E-state index contributed by atoms with van der Waals surface area (Å²) in [4.78, 5) is 20.8. The van der Waals surface area contributed by atoms with Gasteiger partial charge in [-0.05, 0) is 39.0 Å². The van der Waals surface area contributed by atoms with Gasteiger partial charge in [-0.3, -0.25) is 4.79 Å². The topological polar surface area (TPSA) is 126 Å². The van der Waals surface area contributed by atoms with Crippen LogP contribution in [0.2, 0.25) is 0 Å². The summed E-state index contributed by atoms with van der Waals surface area (Å²) in [5.74, 6) is 7.43. The number of hydrogen-bond donors (Lipinski definition) is 1. The van der Waals surface area contributed by atoms with Crippen LogP contribution in [0.1, 0.15) is 47.4 Å². The molecule has 0 unspecified atom stereocenters. The van der Waals surface area contributed by atoms with E-state index < -0.39 is 11.3 Å². The molecule has 0 radical (unpaired) electrons. The standard InChI is InChI=1S/C23H21N7O2/c1-14-9-11-25-30(14)19-13-18(20(24)31)26-21(27-19)17-7-5-6-16(12-17)8-10-23(3,4)22-29-28-15(2)32-22/h5-7,9,11-13H,1-4H3,(H2,24,31). The van der Waals surface area contributed by atoms with Gasteiger partial charge in [0.05, 0.1) is 0 Å². The zero-order valence-corrected chi connectivity index (χ0v) is 18.1. The number of aromatic nitrogens is 6. The number of aryl methyl sites for hydroxylation is 2. The number of nitrogens with two attached hydrogens (primary N) is 1. The molecular weight excluding hydrogens is 406 g/mol. The monoisotopic (exact) mass is 427 g/mol. The largest absolute Gasteiger partial charge is 0.424 e. The first-order valence-corrected chi connectivity index (χ1v) is 9.87. The number of amides is 1. The maximum absolute atomic E-state index is 11.9. The van der Waals surface area contributed by atoms with Gasteiger partial charge in [0.1, 0.15) is 11.1 Å². The molecule has 1 aromatic carbocycles. The van der Waals surface area contributed by atoms with E-state index in [1.54, 1.807) is 17.8 Å². The van der Waals surface area contributed by atoms with E-state index in [1.807, 2.05) is 51.1 Å². The second-order valence-corrected chi connectivity index (χ2v) is 7.77. The van der Waals surface area contributed by atoms with E-state index in [2.05, 4.69) is 37.1 Å². The summed E-state index contributed by atoms with van der Waals surface area (Å²) in [6, 6.07) is 10.8. The molecule has 32 heavy (non-hydrogen) atoms. The Hall–Kier alpha value is -4.32. The second-order valence-electron chi connectivity index (χ2n) is 7.77. The zero-order chi connectivity index (χ0) is 22.9. The lowest BCUT2D eigenvalue weighted by molar-refractivity contribution is 0.0995. The predicted molar refractivity (Wildman–Crippen MR) is 117 cm³/mol. The first-order valence-electron chi connectivity index (χ1n) is 9.87. The van der Waals surface area contributed by atoms with Crippen molar-refractivity contribution in [2.24, 2.45) is 5.73 Å². The molecule has 0 spiro atoms. The number of carbonyl (C=O) groups is 1. The molecule has 160 valence electrons. The smallest absolute Gasteiger partial charge is 0.267 e. The molecule has 2 N–H and O–H groups in total. The highest BCUT2D eigenvalue weighted by atomic mass is 16.4. The number of benzene rings is 1. The van der Waals surface area contributed by atoms with Crippen LogP contribution in [0.15, 0.2) is 47.0 Å². The number of carbonyl (C=O) groups excluding carboxylic acids is 1. The molecule has 0 saturated carbocycles. The fourth-order valence-electron chi connectivity index (χ4n) is 2.97.